The summed E-state index contributed by atoms with van der Waals surface area (Å²) >= 11 is 0. The van der Waals surface area contributed by atoms with E-state index in [1.54, 1.807) is 24.3 Å². The average Bonchev–Trinajstić information content (AvgIpc) is 3.29. The number of anilines is 1. The quantitative estimate of drug-likeness (QED) is 0.453. The van der Waals surface area contributed by atoms with Gasteiger partial charge in [-0.3, -0.25) is 4.79 Å². The number of hydrogen-bond acceptors (Lipinski definition) is 4. The number of imidazole rings is 1. The van der Waals surface area contributed by atoms with Crippen LogP contribution in [0.4, 0.5) is 5.69 Å². The summed E-state index contributed by atoms with van der Waals surface area (Å²) in [6.45, 7) is 1.04. The third-order valence-electron chi connectivity index (χ3n) is 5.83. The minimum Gasteiger partial charge on any atom is -0.338 e. The van der Waals surface area contributed by atoms with E-state index in [9.17, 15) is 13.2 Å². The Labute approximate surface area is 192 Å². The van der Waals surface area contributed by atoms with Gasteiger partial charge >= 0.3 is 0 Å². The molecular formula is C25H24N4O3S. The van der Waals surface area contributed by atoms with Crippen LogP contribution in [0.5, 0.6) is 0 Å². The normalized spacial score (nSPS) is 14.9. The highest BCUT2D eigenvalue weighted by molar-refractivity contribution is 7.89. The first-order chi connectivity index (χ1) is 16.0. The molecule has 2 heterocycles. The van der Waals surface area contributed by atoms with E-state index in [0.29, 0.717) is 30.2 Å². The molecule has 8 heteroatoms. The number of fused-ring (bicyclic) bond motifs is 1. The molecule has 1 saturated heterocycles. The molecule has 7 nitrogen and oxygen atoms in total. The molecule has 0 bridgehead atoms. The molecule has 0 atom stereocenters. The van der Waals surface area contributed by atoms with Crippen molar-refractivity contribution in [3.05, 3.63) is 78.4 Å². The van der Waals surface area contributed by atoms with E-state index in [2.05, 4.69) is 15.3 Å². The second-order valence-corrected chi connectivity index (χ2v) is 10.1. The number of piperidine rings is 1. The van der Waals surface area contributed by atoms with Crippen LogP contribution in [0, 0.1) is 0 Å². The summed E-state index contributed by atoms with van der Waals surface area (Å²) < 4.78 is 27.5. The molecule has 0 saturated carbocycles. The number of carbonyl (C=O) groups excluding carboxylic acids is 1. The number of sulfonamides is 1. The molecule has 168 valence electrons. The summed E-state index contributed by atoms with van der Waals surface area (Å²) in [7, 11) is -3.61. The van der Waals surface area contributed by atoms with E-state index in [-0.39, 0.29) is 10.8 Å². The van der Waals surface area contributed by atoms with Crippen LogP contribution >= 0.6 is 0 Å². The van der Waals surface area contributed by atoms with Gasteiger partial charge in [0, 0.05) is 29.9 Å². The lowest BCUT2D eigenvalue weighted by atomic mass is 10.1. The number of benzene rings is 3. The van der Waals surface area contributed by atoms with Gasteiger partial charge in [-0.15, -0.1) is 0 Å². The van der Waals surface area contributed by atoms with Gasteiger partial charge in [-0.2, -0.15) is 4.31 Å². The molecule has 0 unspecified atom stereocenters. The fourth-order valence-electron chi connectivity index (χ4n) is 4.09. The smallest absolute Gasteiger partial charge is 0.255 e. The van der Waals surface area contributed by atoms with Gasteiger partial charge in [0.25, 0.3) is 5.91 Å². The van der Waals surface area contributed by atoms with Crippen molar-refractivity contribution >= 4 is 32.7 Å². The summed E-state index contributed by atoms with van der Waals surface area (Å²) in [6, 6.07) is 21.4. The average molecular weight is 461 g/mol. The van der Waals surface area contributed by atoms with E-state index in [1.807, 2.05) is 42.5 Å². The molecule has 3 aromatic carbocycles. The number of hydrogen-bond donors (Lipinski definition) is 2. The topological polar surface area (TPSA) is 95.2 Å². The molecule has 33 heavy (non-hydrogen) atoms. The number of H-pyrrole nitrogens is 1. The number of carbonyl (C=O) groups is 1. The van der Waals surface area contributed by atoms with E-state index in [4.69, 9.17) is 0 Å². The maximum absolute atomic E-state index is 13.0. The molecule has 2 N–H and O–H groups in total. The van der Waals surface area contributed by atoms with E-state index in [0.717, 1.165) is 35.9 Å². The van der Waals surface area contributed by atoms with Gasteiger partial charge in [0.05, 0.1) is 15.9 Å². The van der Waals surface area contributed by atoms with Crippen molar-refractivity contribution in [2.75, 3.05) is 18.4 Å². The number of aromatic nitrogens is 2. The maximum atomic E-state index is 13.0. The third-order valence-corrected chi connectivity index (χ3v) is 7.73. The second kappa shape index (κ2) is 8.80. The van der Waals surface area contributed by atoms with Crippen molar-refractivity contribution in [3.8, 4) is 11.4 Å². The zero-order valence-electron chi connectivity index (χ0n) is 18.0. The molecule has 0 radical (unpaired) electrons. The van der Waals surface area contributed by atoms with Crippen molar-refractivity contribution in [1.29, 1.82) is 0 Å². The molecule has 1 fully saturated rings. The fourth-order valence-corrected chi connectivity index (χ4v) is 5.65. The minimum absolute atomic E-state index is 0.146. The zero-order valence-corrected chi connectivity index (χ0v) is 18.8. The molecule has 0 aliphatic carbocycles. The van der Waals surface area contributed by atoms with Gasteiger partial charge in [0.1, 0.15) is 5.82 Å². The summed E-state index contributed by atoms with van der Waals surface area (Å²) in [5.74, 6) is 0.342. The lowest BCUT2D eigenvalue weighted by Gasteiger charge is -2.26. The zero-order chi connectivity index (χ0) is 22.8. The minimum atomic E-state index is -3.61. The van der Waals surface area contributed by atoms with Gasteiger partial charge < -0.3 is 10.3 Å². The SMILES string of the molecule is O=C(Nc1cccc(-c2nc3ccccc3[nH]2)c1)c1cccc(S(=O)(=O)N2CCCCC2)c1. The van der Waals surface area contributed by atoms with Crippen LogP contribution in [0.25, 0.3) is 22.4 Å². The van der Waals surface area contributed by atoms with Crippen LogP contribution in [-0.2, 0) is 10.0 Å². The van der Waals surface area contributed by atoms with E-state index < -0.39 is 10.0 Å². The predicted molar refractivity (Wildman–Crippen MR) is 129 cm³/mol. The Bertz CT molecular complexity index is 1390. The molecule has 5 rings (SSSR count). The number of nitrogens with zero attached hydrogens (tertiary/aromatic N) is 2. The lowest BCUT2D eigenvalue weighted by molar-refractivity contribution is 0.102. The molecule has 0 spiro atoms. The molecule has 1 amide bonds. The van der Waals surface area contributed by atoms with Gasteiger partial charge in [-0.25, -0.2) is 13.4 Å². The van der Waals surface area contributed by atoms with E-state index in [1.165, 1.54) is 10.4 Å². The number of rotatable bonds is 5. The number of aromatic amines is 1. The second-order valence-electron chi connectivity index (χ2n) is 8.13. The highest BCUT2D eigenvalue weighted by atomic mass is 32.2. The molecule has 1 aromatic heterocycles. The Morgan fingerprint density at radius 3 is 2.52 bits per heavy atom. The summed E-state index contributed by atoms with van der Waals surface area (Å²) in [4.78, 5) is 21.0. The van der Waals surface area contributed by atoms with Crippen LogP contribution < -0.4 is 5.32 Å². The van der Waals surface area contributed by atoms with Gasteiger partial charge in [-0.05, 0) is 55.3 Å². The molecular weight excluding hydrogens is 436 g/mol. The van der Waals surface area contributed by atoms with Crippen LogP contribution in [0.15, 0.2) is 77.7 Å². The van der Waals surface area contributed by atoms with E-state index >= 15 is 0 Å². The monoisotopic (exact) mass is 460 g/mol. The first-order valence-corrected chi connectivity index (χ1v) is 12.4. The molecule has 1 aliphatic rings. The first-order valence-electron chi connectivity index (χ1n) is 11.0. The summed E-state index contributed by atoms with van der Waals surface area (Å²) in [5, 5.41) is 2.87. The summed E-state index contributed by atoms with van der Waals surface area (Å²) in [6.07, 6.45) is 2.77. The first kappa shape index (κ1) is 21.4. The third kappa shape index (κ3) is 4.40. The van der Waals surface area contributed by atoms with Gasteiger partial charge in [-0.1, -0.05) is 36.8 Å². The highest BCUT2D eigenvalue weighted by Gasteiger charge is 2.26. The number of nitrogens with one attached hydrogen (secondary N) is 2. The Morgan fingerprint density at radius 1 is 0.909 bits per heavy atom. The van der Waals surface area contributed by atoms with Gasteiger partial charge in [0.15, 0.2) is 0 Å². The van der Waals surface area contributed by atoms with Crippen LogP contribution in [0.2, 0.25) is 0 Å². The lowest BCUT2D eigenvalue weighted by Crippen LogP contribution is -2.35. The highest BCUT2D eigenvalue weighted by Crippen LogP contribution is 2.24. The standard InChI is InChI=1S/C25H24N4O3S/c30-25(19-9-7-11-21(17-19)33(31,32)29-14-4-1-5-15-29)26-20-10-6-8-18(16-20)24-27-22-12-2-3-13-23(22)28-24/h2-3,6-13,16-17H,1,4-5,14-15H2,(H,26,30)(H,27,28). The Balaban J connectivity index is 1.37. The van der Waals surface area contributed by atoms with Crippen LogP contribution in [0.3, 0.4) is 0 Å². The Kier molecular flexibility index (Phi) is 5.70. The molecule has 4 aromatic rings. The predicted octanol–water partition coefficient (Wildman–Crippen LogP) is 4.66. The van der Waals surface area contributed by atoms with Gasteiger partial charge in [0.2, 0.25) is 10.0 Å². The van der Waals surface area contributed by atoms with Crippen molar-refractivity contribution in [3.63, 3.8) is 0 Å². The van der Waals surface area contributed by atoms with Crippen molar-refractivity contribution in [2.24, 2.45) is 0 Å². The van der Waals surface area contributed by atoms with Crippen molar-refractivity contribution in [2.45, 2.75) is 24.2 Å². The van der Waals surface area contributed by atoms with Crippen LogP contribution in [-0.4, -0.2) is 41.7 Å². The Morgan fingerprint density at radius 2 is 1.70 bits per heavy atom. The number of para-hydroxylation sites is 2. The largest absolute Gasteiger partial charge is 0.338 e. The molecule has 1 aliphatic heterocycles. The summed E-state index contributed by atoms with van der Waals surface area (Å²) in [5.41, 5.74) is 3.54. The maximum Gasteiger partial charge on any atom is 0.255 e. The fraction of sp³-hybridized carbons (Fsp3) is 0.200. The van der Waals surface area contributed by atoms with Crippen molar-refractivity contribution < 1.29 is 13.2 Å². The Hall–Kier alpha value is -3.49. The van der Waals surface area contributed by atoms with Crippen molar-refractivity contribution in [1.82, 2.24) is 14.3 Å². The van der Waals surface area contributed by atoms with Crippen LogP contribution in [0.1, 0.15) is 29.6 Å². The number of amides is 1.